The minimum atomic E-state index is -0.848. The molecule has 168 valence electrons. The van der Waals surface area contributed by atoms with E-state index in [9.17, 15) is 14.9 Å². The number of hydrogen-bond acceptors (Lipinski definition) is 6. The molecule has 1 saturated carbocycles. The van der Waals surface area contributed by atoms with Crippen molar-refractivity contribution in [3.05, 3.63) is 65.7 Å². The minimum Gasteiger partial charge on any atom is -0.452 e. The fraction of sp³-hybridized carbons (Fsp3) is 0.280. The maximum Gasteiger partial charge on any atom is 0.331 e. The number of ether oxygens (including phenoxy) is 1. The number of esters is 1. The van der Waals surface area contributed by atoms with Crippen LogP contribution in [-0.2, 0) is 14.3 Å². The van der Waals surface area contributed by atoms with Crippen molar-refractivity contribution in [1.29, 1.82) is 5.26 Å². The van der Waals surface area contributed by atoms with Gasteiger partial charge in [0, 0.05) is 17.8 Å². The molecule has 0 aliphatic heterocycles. The number of para-hydroxylation sites is 1. The summed E-state index contributed by atoms with van der Waals surface area (Å²) >= 11 is 1.56. The third kappa shape index (κ3) is 5.57. The molecule has 2 aromatic heterocycles. The van der Waals surface area contributed by atoms with Gasteiger partial charge in [-0.15, -0.1) is 11.3 Å². The molecular weight excluding hydrogens is 436 g/mol. The van der Waals surface area contributed by atoms with Crippen molar-refractivity contribution in [3.8, 4) is 22.3 Å². The summed E-state index contributed by atoms with van der Waals surface area (Å²) in [6.45, 7) is -0.423. The van der Waals surface area contributed by atoms with Crippen molar-refractivity contribution >= 4 is 29.3 Å². The average Bonchev–Trinajstić information content (AvgIpc) is 3.52. The predicted molar refractivity (Wildman–Crippen MR) is 126 cm³/mol. The number of carbonyl (C=O) groups excluding carboxylic acids is 2. The summed E-state index contributed by atoms with van der Waals surface area (Å²) in [6, 6.07) is 15.8. The summed E-state index contributed by atoms with van der Waals surface area (Å²) in [7, 11) is 0. The van der Waals surface area contributed by atoms with Crippen LogP contribution in [0, 0.1) is 11.3 Å². The Bertz CT molecular complexity index is 1170. The van der Waals surface area contributed by atoms with E-state index >= 15 is 0 Å². The van der Waals surface area contributed by atoms with Gasteiger partial charge in [0.1, 0.15) is 11.2 Å². The Balaban J connectivity index is 1.42. The standard InChI is InChI=1S/C25H24N4O3S/c26-18-25(13-5-2-6-14-25)27-22(30)17-32-23(31)12-11-19-16-29(20-8-3-1-4-9-20)28-24(19)21-10-7-15-33-21/h1,3-4,7-12,15-16H,2,5-6,13-14,17H2,(H,27,30)/b12-11+. The second-order valence-corrected chi connectivity index (χ2v) is 8.88. The Kier molecular flexibility index (Phi) is 7.01. The summed E-state index contributed by atoms with van der Waals surface area (Å²) in [5.41, 5.74) is 1.57. The maximum atomic E-state index is 12.3. The van der Waals surface area contributed by atoms with Crippen LogP contribution in [0.3, 0.4) is 0 Å². The first-order chi connectivity index (χ1) is 16.1. The van der Waals surface area contributed by atoms with Gasteiger partial charge in [0.2, 0.25) is 0 Å². The molecule has 1 aliphatic rings. The topological polar surface area (TPSA) is 97.0 Å². The van der Waals surface area contributed by atoms with Gasteiger partial charge in [0.15, 0.2) is 6.61 Å². The van der Waals surface area contributed by atoms with E-state index in [2.05, 4.69) is 16.5 Å². The highest BCUT2D eigenvalue weighted by Crippen LogP contribution is 2.29. The van der Waals surface area contributed by atoms with Gasteiger partial charge < -0.3 is 10.1 Å². The number of rotatable bonds is 7. The Morgan fingerprint density at radius 3 is 2.67 bits per heavy atom. The molecule has 1 fully saturated rings. The first-order valence-electron chi connectivity index (χ1n) is 10.8. The van der Waals surface area contributed by atoms with E-state index in [1.807, 2.05) is 54.0 Å². The molecule has 1 aromatic carbocycles. The van der Waals surface area contributed by atoms with Crippen molar-refractivity contribution in [2.45, 2.75) is 37.6 Å². The van der Waals surface area contributed by atoms with E-state index in [1.54, 1.807) is 22.1 Å². The van der Waals surface area contributed by atoms with Crippen LogP contribution < -0.4 is 5.32 Å². The van der Waals surface area contributed by atoms with Crippen LogP contribution in [-0.4, -0.2) is 33.8 Å². The van der Waals surface area contributed by atoms with Crippen molar-refractivity contribution in [2.24, 2.45) is 0 Å². The maximum absolute atomic E-state index is 12.3. The van der Waals surface area contributed by atoms with Gasteiger partial charge in [0.25, 0.3) is 5.91 Å². The summed E-state index contributed by atoms with van der Waals surface area (Å²) in [5.74, 6) is -1.10. The highest BCUT2D eigenvalue weighted by Gasteiger charge is 2.33. The smallest absolute Gasteiger partial charge is 0.331 e. The first kappa shape index (κ1) is 22.5. The molecule has 0 unspecified atom stereocenters. The van der Waals surface area contributed by atoms with Crippen molar-refractivity contribution < 1.29 is 14.3 Å². The number of nitrogens with one attached hydrogen (secondary N) is 1. The van der Waals surface area contributed by atoms with Gasteiger partial charge in [-0.05, 0) is 42.5 Å². The molecule has 0 saturated heterocycles. The molecule has 33 heavy (non-hydrogen) atoms. The lowest BCUT2D eigenvalue weighted by molar-refractivity contribution is -0.144. The molecule has 1 amide bonds. The van der Waals surface area contributed by atoms with Gasteiger partial charge in [-0.2, -0.15) is 10.4 Å². The van der Waals surface area contributed by atoms with Gasteiger partial charge in [-0.25, -0.2) is 9.48 Å². The highest BCUT2D eigenvalue weighted by molar-refractivity contribution is 7.13. The van der Waals surface area contributed by atoms with E-state index in [0.29, 0.717) is 12.8 Å². The number of carbonyl (C=O) groups is 2. The van der Waals surface area contributed by atoms with E-state index in [-0.39, 0.29) is 0 Å². The van der Waals surface area contributed by atoms with Crippen LogP contribution in [0.1, 0.15) is 37.7 Å². The fourth-order valence-corrected chi connectivity index (χ4v) is 4.62. The Morgan fingerprint density at radius 2 is 1.97 bits per heavy atom. The van der Waals surface area contributed by atoms with Crippen molar-refractivity contribution in [2.75, 3.05) is 6.61 Å². The van der Waals surface area contributed by atoms with Gasteiger partial charge >= 0.3 is 5.97 Å². The molecule has 0 bridgehead atoms. The highest BCUT2D eigenvalue weighted by atomic mass is 32.1. The average molecular weight is 461 g/mol. The summed E-state index contributed by atoms with van der Waals surface area (Å²) in [5, 5.41) is 18.9. The van der Waals surface area contributed by atoms with Gasteiger partial charge in [-0.1, -0.05) is 43.5 Å². The molecule has 0 spiro atoms. The van der Waals surface area contributed by atoms with E-state index in [1.165, 1.54) is 6.08 Å². The van der Waals surface area contributed by atoms with Crippen LogP contribution >= 0.6 is 11.3 Å². The van der Waals surface area contributed by atoms with Crippen LogP contribution in [0.5, 0.6) is 0 Å². The lowest BCUT2D eigenvalue weighted by Crippen LogP contribution is -2.49. The van der Waals surface area contributed by atoms with E-state index in [0.717, 1.165) is 41.1 Å². The monoisotopic (exact) mass is 460 g/mol. The molecule has 1 N–H and O–H groups in total. The van der Waals surface area contributed by atoms with Crippen LogP contribution in [0.25, 0.3) is 22.3 Å². The first-order valence-corrected chi connectivity index (χ1v) is 11.7. The zero-order chi connectivity index (χ0) is 23.1. The normalized spacial score (nSPS) is 15.1. The fourth-order valence-electron chi connectivity index (χ4n) is 3.89. The lowest BCUT2D eigenvalue weighted by Gasteiger charge is -2.31. The van der Waals surface area contributed by atoms with Gasteiger partial charge in [0.05, 0.1) is 16.6 Å². The number of thiophene rings is 1. The number of hydrogen-bond donors (Lipinski definition) is 1. The molecule has 2 heterocycles. The van der Waals surface area contributed by atoms with Crippen LogP contribution in [0.15, 0.2) is 60.1 Å². The Morgan fingerprint density at radius 1 is 1.18 bits per heavy atom. The van der Waals surface area contributed by atoms with Crippen LogP contribution in [0.4, 0.5) is 0 Å². The van der Waals surface area contributed by atoms with Crippen LogP contribution in [0.2, 0.25) is 0 Å². The zero-order valence-corrected chi connectivity index (χ0v) is 18.9. The number of nitrogens with zero attached hydrogens (tertiary/aromatic N) is 3. The third-order valence-electron chi connectivity index (χ3n) is 5.56. The molecule has 8 heteroatoms. The summed E-state index contributed by atoms with van der Waals surface area (Å²) < 4.78 is 6.87. The molecule has 4 rings (SSSR count). The molecule has 0 radical (unpaired) electrons. The largest absolute Gasteiger partial charge is 0.452 e. The lowest BCUT2D eigenvalue weighted by atomic mass is 9.83. The number of amides is 1. The van der Waals surface area contributed by atoms with E-state index in [4.69, 9.17) is 4.74 Å². The van der Waals surface area contributed by atoms with Crippen molar-refractivity contribution in [1.82, 2.24) is 15.1 Å². The molecular formula is C25H24N4O3S. The quantitative estimate of drug-likeness (QED) is 0.414. The molecule has 1 aliphatic carbocycles. The summed E-state index contributed by atoms with van der Waals surface area (Å²) in [6.07, 6.45) is 8.89. The van der Waals surface area contributed by atoms with Crippen molar-refractivity contribution in [3.63, 3.8) is 0 Å². The number of nitriles is 1. The molecule has 0 atom stereocenters. The second kappa shape index (κ2) is 10.3. The molecule has 3 aromatic rings. The molecule has 7 nitrogen and oxygen atoms in total. The Hall–Kier alpha value is -3.70. The Labute approximate surface area is 196 Å². The van der Waals surface area contributed by atoms with E-state index < -0.39 is 24.0 Å². The minimum absolute atomic E-state index is 0.423. The SMILES string of the molecule is N#CC1(NC(=O)COC(=O)/C=C/c2cn(-c3ccccc3)nc2-c2cccs2)CCCCC1. The summed E-state index contributed by atoms with van der Waals surface area (Å²) in [4.78, 5) is 25.5. The van der Waals surface area contributed by atoms with Gasteiger partial charge in [-0.3, -0.25) is 4.79 Å². The predicted octanol–water partition coefficient (Wildman–Crippen LogP) is 4.50. The third-order valence-corrected chi connectivity index (χ3v) is 6.44. The number of aromatic nitrogens is 2. The number of benzene rings is 1. The second-order valence-electron chi connectivity index (χ2n) is 7.93. The zero-order valence-electron chi connectivity index (χ0n) is 18.1.